The Hall–Kier alpha value is -1.84. The number of hydrogen-bond acceptors (Lipinski definition) is 3. The van der Waals surface area contributed by atoms with Crippen LogP contribution in [-0.2, 0) is 4.79 Å². The van der Waals surface area contributed by atoms with Gasteiger partial charge in [0.2, 0.25) is 5.91 Å². The Labute approximate surface area is 95.0 Å². The number of anilines is 2. The largest absolute Gasteiger partial charge is 0.326 e. The number of hydrogen-bond donors (Lipinski definition) is 1. The fraction of sp³-hybridized carbons (Fsp3) is 0.333. The normalized spacial score (nSPS) is 14.2. The molecule has 16 heavy (non-hydrogen) atoms. The van der Waals surface area contributed by atoms with Gasteiger partial charge in [0, 0.05) is 31.8 Å². The van der Waals surface area contributed by atoms with Gasteiger partial charge in [0.1, 0.15) is 0 Å². The van der Waals surface area contributed by atoms with Crippen LogP contribution in [0.2, 0.25) is 0 Å². The molecule has 4 nitrogen and oxygen atoms in total. The lowest BCUT2D eigenvalue weighted by Gasteiger charge is -2.16. The van der Waals surface area contributed by atoms with E-state index < -0.39 is 0 Å². The third-order valence-corrected chi connectivity index (χ3v) is 2.37. The van der Waals surface area contributed by atoms with Crippen LogP contribution in [0.15, 0.2) is 23.3 Å². The number of hydrazone groups is 1. The molecule has 0 saturated heterocycles. The highest BCUT2D eigenvalue weighted by atomic mass is 16.1. The summed E-state index contributed by atoms with van der Waals surface area (Å²) >= 11 is 0. The fourth-order valence-corrected chi connectivity index (χ4v) is 1.78. The molecule has 0 saturated carbocycles. The Balaban J connectivity index is 2.27. The second kappa shape index (κ2) is 4.35. The van der Waals surface area contributed by atoms with Crippen molar-refractivity contribution in [3.05, 3.63) is 23.8 Å². The molecule has 2 rings (SSSR count). The van der Waals surface area contributed by atoms with Gasteiger partial charge in [-0.3, -0.25) is 9.80 Å². The van der Waals surface area contributed by atoms with E-state index in [9.17, 15) is 4.79 Å². The van der Waals surface area contributed by atoms with E-state index in [1.807, 2.05) is 30.3 Å². The predicted molar refractivity (Wildman–Crippen MR) is 65.9 cm³/mol. The number of amides is 1. The van der Waals surface area contributed by atoms with Crippen molar-refractivity contribution in [3.63, 3.8) is 0 Å². The average molecular weight is 217 g/mol. The Morgan fingerprint density at radius 2 is 2.25 bits per heavy atom. The number of nitrogens with one attached hydrogen (secondary N) is 1. The van der Waals surface area contributed by atoms with Gasteiger partial charge in [0.15, 0.2) is 0 Å². The lowest BCUT2D eigenvalue weighted by atomic mass is 10.2. The van der Waals surface area contributed by atoms with Crippen LogP contribution in [0.5, 0.6) is 0 Å². The summed E-state index contributed by atoms with van der Waals surface area (Å²) in [6.07, 6.45) is 2.88. The van der Waals surface area contributed by atoms with Crippen molar-refractivity contribution in [2.45, 2.75) is 20.3 Å². The maximum Gasteiger partial charge on any atom is 0.221 e. The van der Waals surface area contributed by atoms with Crippen LogP contribution in [0.4, 0.5) is 11.4 Å². The molecule has 0 aromatic heterocycles. The Morgan fingerprint density at radius 3 is 2.88 bits per heavy atom. The number of carbonyl (C=O) groups is 1. The van der Waals surface area contributed by atoms with Gasteiger partial charge < -0.3 is 5.32 Å². The first-order chi connectivity index (χ1) is 7.65. The second-order valence-electron chi connectivity index (χ2n) is 3.95. The fourth-order valence-electron chi connectivity index (χ4n) is 1.78. The lowest BCUT2D eigenvalue weighted by molar-refractivity contribution is -0.114. The van der Waals surface area contributed by atoms with Gasteiger partial charge in [-0.25, -0.2) is 0 Å². The summed E-state index contributed by atoms with van der Waals surface area (Å²) < 4.78 is 0. The summed E-state index contributed by atoms with van der Waals surface area (Å²) in [7, 11) is 0. The van der Waals surface area contributed by atoms with Gasteiger partial charge in [-0.1, -0.05) is 0 Å². The molecular weight excluding hydrogens is 202 g/mol. The summed E-state index contributed by atoms with van der Waals surface area (Å²) in [6.45, 7) is 4.42. The highest BCUT2D eigenvalue weighted by Crippen LogP contribution is 2.24. The third kappa shape index (κ3) is 2.39. The average Bonchev–Trinajstić information content (AvgIpc) is 2.67. The number of nitrogens with zero attached hydrogens (tertiary/aromatic N) is 2. The third-order valence-electron chi connectivity index (χ3n) is 2.37. The van der Waals surface area contributed by atoms with Gasteiger partial charge in [0.05, 0.1) is 5.69 Å². The molecule has 0 spiro atoms. The number of aryl methyl sites for hydroxylation is 1. The summed E-state index contributed by atoms with van der Waals surface area (Å²) in [6, 6.07) is 5.95. The zero-order valence-corrected chi connectivity index (χ0v) is 9.53. The first kappa shape index (κ1) is 10.7. The maximum atomic E-state index is 11.0. The van der Waals surface area contributed by atoms with E-state index in [1.165, 1.54) is 6.92 Å². The molecule has 4 heteroatoms. The van der Waals surface area contributed by atoms with Crippen LogP contribution in [-0.4, -0.2) is 18.7 Å². The first-order valence-electron chi connectivity index (χ1n) is 5.34. The highest BCUT2D eigenvalue weighted by molar-refractivity contribution is 5.89. The molecule has 0 unspecified atom stereocenters. The molecule has 1 aromatic rings. The van der Waals surface area contributed by atoms with Gasteiger partial charge in [-0.05, 0) is 30.7 Å². The Kier molecular flexibility index (Phi) is 2.90. The highest BCUT2D eigenvalue weighted by Gasteiger charge is 2.10. The van der Waals surface area contributed by atoms with Crippen LogP contribution in [0, 0.1) is 6.92 Å². The van der Waals surface area contributed by atoms with Gasteiger partial charge in [0.25, 0.3) is 0 Å². The quantitative estimate of drug-likeness (QED) is 0.825. The Bertz CT molecular complexity index is 440. The summed E-state index contributed by atoms with van der Waals surface area (Å²) in [5, 5.41) is 9.00. The minimum atomic E-state index is -0.0542. The van der Waals surface area contributed by atoms with Crippen molar-refractivity contribution < 1.29 is 4.79 Å². The molecule has 1 N–H and O–H groups in total. The summed E-state index contributed by atoms with van der Waals surface area (Å²) in [5.41, 5.74) is 2.96. The van der Waals surface area contributed by atoms with Crippen molar-refractivity contribution in [2.24, 2.45) is 5.10 Å². The summed E-state index contributed by atoms with van der Waals surface area (Å²) in [4.78, 5) is 11.0. The van der Waals surface area contributed by atoms with E-state index in [2.05, 4.69) is 16.5 Å². The SMILES string of the molecule is CC(=O)Nc1cc(C)cc(N2CCC=N2)c1. The van der Waals surface area contributed by atoms with Crippen LogP contribution >= 0.6 is 0 Å². The molecule has 1 aliphatic heterocycles. The molecule has 0 aliphatic carbocycles. The van der Waals surface area contributed by atoms with E-state index in [1.54, 1.807) is 0 Å². The van der Waals surface area contributed by atoms with Crippen LogP contribution in [0.25, 0.3) is 0 Å². The monoisotopic (exact) mass is 217 g/mol. The molecule has 0 bridgehead atoms. The van der Waals surface area contributed by atoms with Crippen molar-refractivity contribution in [1.29, 1.82) is 0 Å². The van der Waals surface area contributed by atoms with Crippen molar-refractivity contribution in [1.82, 2.24) is 0 Å². The zero-order valence-electron chi connectivity index (χ0n) is 9.53. The first-order valence-corrected chi connectivity index (χ1v) is 5.34. The molecule has 1 heterocycles. The zero-order chi connectivity index (χ0) is 11.5. The van der Waals surface area contributed by atoms with Crippen LogP contribution in [0.3, 0.4) is 0 Å². The second-order valence-corrected chi connectivity index (χ2v) is 3.95. The van der Waals surface area contributed by atoms with Crippen LogP contribution in [0.1, 0.15) is 18.9 Å². The minimum absolute atomic E-state index is 0.0542. The van der Waals surface area contributed by atoms with E-state index >= 15 is 0 Å². The van der Waals surface area contributed by atoms with Crippen molar-refractivity contribution in [2.75, 3.05) is 16.9 Å². The smallest absolute Gasteiger partial charge is 0.221 e. The van der Waals surface area contributed by atoms with E-state index in [4.69, 9.17) is 0 Å². The maximum absolute atomic E-state index is 11.0. The Morgan fingerprint density at radius 1 is 1.44 bits per heavy atom. The molecule has 0 radical (unpaired) electrons. The van der Waals surface area contributed by atoms with Gasteiger partial charge in [-0.15, -0.1) is 0 Å². The molecule has 1 aromatic carbocycles. The van der Waals surface area contributed by atoms with E-state index in [0.29, 0.717) is 0 Å². The molecule has 84 valence electrons. The van der Waals surface area contributed by atoms with E-state index in [0.717, 1.165) is 29.9 Å². The molecule has 1 aliphatic rings. The number of benzene rings is 1. The standard InChI is InChI=1S/C12H15N3O/c1-9-6-11(14-10(2)16)8-12(7-9)15-5-3-4-13-15/h4,6-8H,3,5H2,1-2H3,(H,14,16). The van der Waals surface area contributed by atoms with Crippen molar-refractivity contribution >= 4 is 23.5 Å². The van der Waals surface area contributed by atoms with Crippen molar-refractivity contribution in [3.8, 4) is 0 Å². The molecule has 0 fully saturated rings. The molecule has 1 amide bonds. The topological polar surface area (TPSA) is 44.7 Å². The number of carbonyl (C=O) groups excluding carboxylic acids is 1. The molecular formula is C12H15N3O. The van der Waals surface area contributed by atoms with Gasteiger partial charge in [-0.2, -0.15) is 5.10 Å². The summed E-state index contributed by atoms with van der Waals surface area (Å²) in [5.74, 6) is -0.0542. The lowest BCUT2D eigenvalue weighted by Crippen LogP contribution is -2.13. The minimum Gasteiger partial charge on any atom is -0.326 e. The van der Waals surface area contributed by atoms with Crippen LogP contribution < -0.4 is 10.3 Å². The number of rotatable bonds is 2. The molecule has 0 atom stereocenters. The van der Waals surface area contributed by atoms with Gasteiger partial charge >= 0.3 is 0 Å². The predicted octanol–water partition coefficient (Wildman–Crippen LogP) is 2.15. The van der Waals surface area contributed by atoms with E-state index in [-0.39, 0.29) is 5.91 Å².